The first-order chi connectivity index (χ1) is 8.69. The molecule has 0 radical (unpaired) electrons. The van der Waals surface area contributed by atoms with Crippen molar-refractivity contribution in [1.82, 2.24) is 4.90 Å². The van der Waals surface area contributed by atoms with Gasteiger partial charge in [0.2, 0.25) is 0 Å². The molecule has 0 aromatic heterocycles. The van der Waals surface area contributed by atoms with Crippen molar-refractivity contribution in [1.29, 1.82) is 0 Å². The van der Waals surface area contributed by atoms with Gasteiger partial charge in [-0.1, -0.05) is 38.5 Å². The molecular formula is C16H25NO. The lowest BCUT2D eigenvalue weighted by molar-refractivity contribution is 0.0771. The van der Waals surface area contributed by atoms with Gasteiger partial charge in [0.05, 0.1) is 0 Å². The smallest absolute Gasteiger partial charge is 0.254 e. The maximum atomic E-state index is 12.6. The average Bonchev–Trinajstić information content (AvgIpc) is 2.40. The molecule has 0 aliphatic heterocycles. The number of benzene rings is 1. The Morgan fingerprint density at radius 1 is 1.06 bits per heavy atom. The third kappa shape index (κ3) is 3.12. The predicted molar refractivity (Wildman–Crippen MR) is 77.1 cm³/mol. The van der Waals surface area contributed by atoms with Crippen LogP contribution in [-0.4, -0.2) is 23.9 Å². The van der Waals surface area contributed by atoms with E-state index in [0.717, 1.165) is 37.9 Å². The van der Waals surface area contributed by atoms with Crippen LogP contribution in [0.1, 0.15) is 55.6 Å². The van der Waals surface area contributed by atoms with E-state index >= 15 is 0 Å². The van der Waals surface area contributed by atoms with Crippen molar-refractivity contribution in [2.75, 3.05) is 13.1 Å². The lowest BCUT2D eigenvalue weighted by atomic mass is 9.95. The molecule has 0 fully saturated rings. The highest BCUT2D eigenvalue weighted by molar-refractivity contribution is 5.97. The molecule has 0 aliphatic rings. The van der Waals surface area contributed by atoms with Gasteiger partial charge in [-0.25, -0.2) is 0 Å². The minimum atomic E-state index is 0.195. The van der Waals surface area contributed by atoms with Gasteiger partial charge >= 0.3 is 0 Å². The zero-order valence-electron chi connectivity index (χ0n) is 12.1. The summed E-state index contributed by atoms with van der Waals surface area (Å²) in [6.45, 7) is 9.90. The second kappa shape index (κ2) is 7.20. The highest BCUT2D eigenvalue weighted by Crippen LogP contribution is 2.19. The summed E-state index contributed by atoms with van der Waals surface area (Å²) in [5.74, 6) is 0.195. The van der Waals surface area contributed by atoms with E-state index in [1.54, 1.807) is 0 Å². The molecule has 0 N–H and O–H groups in total. The van der Waals surface area contributed by atoms with Gasteiger partial charge in [-0.3, -0.25) is 4.79 Å². The summed E-state index contributed by atoms with van der Waals surface area (Å²) >= 11 is 0. The molecule has 2 nitrogen and oxygen atoms in total. The van der Waals surface area contributed by atoms with Crippen LogP contribution in [0.25, 0.3) is 0 Å². The van der Waals surface area contributed by atoms with E-state index in [9.17, 15) is 4.79 Å². The zero-order valence-corrected chi connectivity index (χ0v) is 12.1. The Bertz CT molecular complexity index is 394. The van der Waals surface area contributed by atoms with Gasteiger partial charge in [0.25, 0.3) is 5.91 Å². The van der Waals surface area contributed by atoms with E-state index in [1.165, 1.54) is 11.1 Å². The first-order valence-electron chi connectivity index (χ1n) is 7.09. The molecule has 18 heavy (non-hydrogen) atoms. The van der Waals surface area contributed by atoms with E-state index in [1.807, 2.05) is 18.7 Å². The van der Waals surface area contributed by atoms with Crippen LogP contribution in [0.2, 0.25) is 0 Å². The first-order valence-corrected chi connectivity index (χ1v) is 7.09. The van der Waals surface area contributed by atoms with E-state index in [-0.39, 0.29) is 5.91 Å². The number of hydrogen-bond donors (Lipinski definition) is 0. The molecule has 1 amide bonds. The lowest BCUT2D eigenvalue weighted by Crippen LogP contribution is -2.32. The molecule has 2 heteroatoms. The monoisotopic (exact) mass is 247 g/mol. The molecule has 0 saturated heterocycles. The summed E-state index contributed by atoms with van der Waals surface area (Å²) in [5.41, 5.74) is 3.33. The normalized spacial score (nSPS) is 10.4. The second-order valence-electron chi connectivity index (χ2n) is 4.53. The van der Waals surface area contributed by atoms with Crippen LogP contribution < -0.4 is 0 Å². The van der Waals surface area contributed by atoms with Gasteiger partial charge < -0.3 is 4.90 Å². The fourth-order valence-corrected chi connectivity index (χ4v) is 2.37. The molecule has 0 bridgehead atoms. The van der Waals surface area contributed by atoms with Gasteiger partial charge in [0, 0.05) is 18.7 Å². The molecule has 100 valence electrons. The summed E-state index contributed by atoms with van der Waals surface area (Å²) in [6.07, 6.45) is 2.97. The van der Waals surface area contributed by atoms with E-state index in [2.05, 4.69) is 32.0 Å². The van der Waals surface area contributed by atoms with Crippen LogP contribution in [0.15, 0.2) is 18.2 Å². The number of hydrogen-bond acceptors (Lipinski definition) is 1. The zero-order chi connectivity index (χ0) is 13.5. The van der Waals surface area contributed by atoms with Gasteiger partial charge in [0.1, 0.15) is 0 Å². The quantitative estimate of drug-likeness (QED) is 0.751. The van der Waals surface area contributed by atoms with Crippen molar-refractivity contribution >= 4 is 5.91 Å². The van der Waals surface area contributed by atoms with Crippen molar-refractivity contribution in [3.63, 3.8) is 0 Å². The molecule has 0 aliphatic carbocycles. The molecule has 1 aromatic rings. The largest absolute Gasteiger partial charge is 0.339 e. The molecule has 1 aromatic carbocycles. The van der Waals surface area contributed by atoms with Crippen molar-refractivity contribution in [3.8, 4) is 0 Å². The third-order valence-corrected chi connectivity index (χ3v) is 3.40. The Morgan fingerprint density at radius 2 is 1.67 bits per heavy atom. The van der Waals surface area contributed by atoms with E-state index in [0.29, 0.717) is 0 Å². The Morgan fingerprint density at radius 3 is 2.17 bits per heavy atom. The molecule has 0 heterocycles. The number of nitrogens with zero attached hydrogens (tertiary/aromatic N) is 1. The van der Waals surface area contributed by atoms with Crippen molar-refractivity contribution in [2.24, 2.45) is 0 Å². The number of rotatable bonds is 6. The second-order valence-corrected chi connectivity index (χ2v) is 4.53. The number of amides is 1. The van der Waals surface area contributed by atoms with Crippen LogP contribution in [-0.2, 0) is 12.8 Å². The van der Waals surface area contributed by atoms with Crippen LogP contribution in [0.3, 0.4) is 0 Å². The molecule has 1 rings (SSSR count). The van der Waals surface area contributed by atoms with Crippen LogP contribution in [0.5, 0.6) is 0 Å². The standard InChI is InChI=1S/C16H25NO/c1-5-10-14-12-9-11-13(6-2)15(14)16(18)17(7-3)8-4/h9,11-12H,5-8,10H2,1-4H3. The fourth-order valence-electron chi connectivity index (χ4n) is 2.37. The maximum Gasteiger partial charge on any atom is 0.254 e. The summed E-state index contributed by atoms with van der Waals surface area (Å²) in [4.78, 5) is 14.5. The Labute approximate surface area is 111 Å². The lowest BCUT2D eigenvalue weighted by Gasteiger charge is -2.22. The molecule has 0 atom stereocenters. The maximum absolute atomic E-state index is 12.6. The molecule has 0 unspecified atom stereocenters. The van der Waals surface area contributed by atoms with Crippen LogP contribution in [0.4, 0.5) is 0 Å². The SMILES string of the molecule is CCCc1cccc(CC)c1C(=O)N(CC)CC. The molecule has 0 saturated carbocycles. The van der Waals surface area contributed by atoms with E-state index in [4.69, 9.17) is 0 Å². The van der Waals surface area contributed by atoms with Gasteiger partial charge in [0.15, 0.2) is 0 Å². The average molecular weight is 247 g/mol. The predicted octanol–water partition coefficient (Wildman–Crippen LogP) is 3.68. The van der Waals surface area contributed by atoms with Crippen LogP contribution >= 0.6 is 0 Å². The molecule has 0 spiro atoms. The third-order valence-electron chi connectivity index (χ3n) is 3.40. The molecular weight excluding hydrogens is 222 g/mol. The topological polar surface area (TPSA) is 20.3 Å². The highest BCUT2D eigenvalue weighted by Gasteiger charge is 2.18. The number of carbonyl (C=O) groups is 1. The van der Waals surface area contributed by atoms with Crippen molar-refractivity contribution in [3.05, 3.63) is 34.9 Å². The van der Waals surface area contributed by atoms with Crippen molar-refractivity contribution in [2.45, 2.75) is 47.0 Å². The minimum absolute atomic E-state index is 0.195. The van der Waals surface area contributed by atoms with E-state index < -0.39 is 0 Å². The van der Waals surface area contributed by atoms with Gasteiger partial charge in [-0.2, -0.15) is 0 Å². The Hall–Kier alpha value is -1.31. The van der Waals surface area contributed by atoms with Gasteiger partial charge in [-0.05, 0) is 37.8 Å². The number of carbonyl (C=O) groups excluding carboxylic acids is 1. The Kier molecular flexibility index (Phi) is 5.90. The van der Waals surface area contributed by atoms with Crippen LogP contribution in [0, 0.1) is 0 Å². The minimum Gasteiger partial charge on any atom is -0.339 e. The summed E-state index contributed by atoms with van der Waals surface area (Å²) in [5, 5.41) is 0. The fraction of sp³-hybridized carbons (Fsp3) is 0.562. The number of aryl methyl sites for hydroxylation is 2. The van der Waals surface area contributed by atoms with Crippen molar-refractivity contribution < 1.29 is 4.79 Å². The summed E-state index contributed by atoms with van der Waals surface area (Å²) < 4.78 is 0. The van der Waals surface area contributed by atoms with Gasteiger partial charge in [-0.15, -0.1) is 0 Å². The summed E-state index contributed by atoms with van der Waals surface area (Å²) in [6, 6.07) is 6.25. The highest BCUT2D eigenvalue weighted by atomic mass is 16.2. The summed E-state index contributed by atoms with van der Waals surface area (Å²) in [7, 11) is 0. The first kappa shape index (κ1) is 14.7. The Balaban J connectivity index is 3.21.